The Balaban J connectivity index is 1.41. The normalized spacial score (nSPS) is 11.6. The van der Waals surface area contributed by atoms with Gasteiger partial charge in [-0.1, -0.05) is 35.9 Å². The molecule has 2 aromatic carbocycles. The molecule has 0 aliphatic rings. The average molecular weight is 395 g/mol. The number of halogens is 1. The van der Waals surface area contributed by atoms with Gasteiger partial charge < -0.3 is 14.8 Å². The standard InChI is InChI=1S/C22H22FN3O3/c1-15-6-8-17(9-7-15)20-10-11-21(26-25-20)28-13-12-24-22(27)16(2)29-19-5-3-4-18(23)14-19/h3-11,14,16H,12-13H2,1-2H3,(H,24,27). The van der Waals surface area contributed by atoms with Crippen molar-refractivity contribution in [1.29, 1.82) is 0 Å². The van der Waals surface area contributed by atoms with E-state index in [0.29, 0.717) is 11.6 Å². The Morgan fingerprint density at radius 3 is 2.59 bits per heavy atom. The van der Waals surface area contributed by atoms with Gasteiger partial charge in [0.15, 0.2) is 6.10 Å². The fourth-order valence-electron chi connectivity index (χ4n) is 2.55. The van der Waals surface area contributed by atoms with Crippen molar-refractivity contribution in [2.45, 2.75) is 20.0 Å². The molecule has 7 heteroatoms. The first kappa shape index (κ1) is 20.3. The molecule has 0 aliphatic heterocycles. The summed E-state index contributed by atoms with van der Waals surface area (Å²) in [7, 11) is 0. The van der Waals surface area contributed by atoms with E-state index < -0.39 is 11.9 Å². The van der Waals surface area contributed by atoms with Crippen molar-refractivity contribution in [2.75, 3.05) is 13.2 Å². The number of hydrogen-bond acceptors (Lipinski definition) is 5. The maximum absolute atomic E-state index is 13.2. The fraction of sp³-hybridized carbons (Fsp3) is 0.227. The van der Waals surface area contributed by atoms with Crippen molar-refractivity contribution in [3.8, 4) is 22.9 Å². The largest absolute Gasteiger partial charge is 0.481 e. The van der Waals surface area contributed by atoms with Crippen LogP contribution in [0.5, 0.6) is 11.6 Å². The van der Waals surface area contributed by atoms with Crippen LogP contribution in [0.15, 0.2) is 60.7 Å². The van der Waals surface area contributed by atoms with Gasteiger partial charge in [-0.3, -0.25) is 4.79 Å². The van der Waals surface area contributed by atoms with E-state index >= 15 is 0 Å². The molecule has 0 bridgehead atoms. The second kappa shape index (κ2) is 9.64. The molecule has 0 radical (unpaired) electrons. The predicted molar refractivity (Wildman–Crippen MR) is 107 cm³/mol. The topological polar surface area (TPSA) is 73.3 Å². The number of ether oxygens (including phenoxy) is 2. The van der Waals surface area contributed by atoms with Gasteiger partial charge >= 0.3 is 0 Å². The van der Waals surface area contributed by atoms with Crippen LogP contribution in [0, 0.1) is 12.7 Å². The molecule has 6 nitrogen and oxygen atoms in total. The number of carbonyl (C=O) groups is 1. The van der Waals surface area contributed by atoms with E-state index in [1.54, 1.807) is 19.1 Å². The van der Waals surface area contributed by atoms with Crippen LogP contribution in [0.25, 0.3) is 11.3 Å². The van der Waals surface area contributed by atoms with E-state index in [0.717, 1.165) is 11.3 Å². The molecule has 0 spiro atoms. The zero-order valence-electron chi connectivity index (χ0n) is 16.3. The summed E-state index contributed by atoms with van der Waals surface area (Å²) >= 11 is 0. The number of amides is 1. The second-order valence-electron chi connectivity index (χ2n) is 6.48. The smallest absolute Gasteiger partial charge is 0.260 e. The van der Waals surface area contributed by atoms with Crippen LogP contribution < -0.4 is 14.8 Å². The van der Waals surface area contributed by atoms with Crippen LogP contribution in [0.1, 0.15) is 12.5 Å². The average Bonchev–Trinajstić information content (AvgIpc) is 2.72. The number of nitrogens with one attached hydrogen (secondary N) is 1. The molecule has 1 amide bonds. The lowest BCUT2D eigenvalue weighted by atomic mass is 10.1. The summed E-state index contributed by atoms with van der Waals surface area (Å²) in [4.78, 5) is 12.1. The maximum Gasteiger partial charge on any atom is 0.260 e. The highest BCUT2D eigenvalue weighted by Crippen LogP contribution is 2.18. The minimum atomic E-state index is -0.759. The van der Waals surface area contributed by atoms with Crippen LogP contribution in [0.2, 0.25) is 0 Å². The first-order valence-corrected chi connectivity index (χ1v) is 9.25. The Morgan fingerprint density at radius 1 is 1.10 bits per heavy atom. The highest BCUT2D eigenvalue weighted by molar-refractivity contribution is 5.80. The molecule has 150 valence electrons. The molecule has 1 atom stereocenters. The van der Waals surface area contributed by atoms with Crippen LogP contribution in [-0.4, -0.2) is 35.4 Å². The van der Waals surface area contributed by atoms with E-state index in [-0.39, 0.29) is 19.1 Å². The summed E-state index contributed by atoms with van der Waals surface area (Å²) < 4.78 is 24.1. The number of aryl methyl sites for hydroxylation is 1. The Labute approximate surface area is 168 Å². The Kier molecular flexibility index (Phi) is 6.73. The molecule has 1 N–H and O–H groups in total. The summed E-state index contributed by atoms with van der Waals surface area (Å²) in [6.07, 6.45) is -0.759. The molecule has 0 saturated heterocycles. The fourth-order valence-corrected chi connectivity index (χ4v) is 2.55. The number of benzene rings is 2. The number of nitrogens with zero attached hydrogens (tertiary/aromatic N) is 2. The monoisotopic (exact) mass is 395 g/mol. The first-order valence-electron chi connectivity index (χ1n) is 9.25. The number of rotatable bonds is 8. The Hall–Kier alpha value is -3.48. The van der Waals surface area contributed by atoms with Crippen molar-refractivity contribution in [3.05, 3.63) is 72.0 Å². The lowest BCUT2D eigenvalue weighted by Gasteiger charge is -2.14. The van der Waals surface area contributed by atoms with Gasteiger partial charge in [0.2, 0.25) is 5.88 Å². The maximum atomic E-state index is 13.2. The van der Waals surface area contributed by atoms with E-state index in [1.807, 2.05) is 37.3 Å². The van der Waals surface area contributed by atoms with Gasteiger partial charge in [-0.15, -0.1) is 10.2 Å². The first-order chi connectivity index (χ1) is 14.0. The van der Waals surface area contributed by atoms with E-state index in [4.69, 9.17) is 9.47 Å². The lowest BCUT2D eigenvalue weighted by molar-refractivity contribution is -0.127. The van der Waals surface area contributed by atoms with Crippen LogP contribution in [-0.2, 0) is 4.79 Å². The van der Waals surface area contributed by atoms with Crippen molar-refractivity contribution in [2.24, 2.45) is 0 Å². The SMILES string of the molecule is Cc1ccc(-c2ccc(OCCNC(=O)C(C)Oc3cccc(F)c3)nn2)cc1. The molecule has 29 heavy (non-hydrogen) atoms. The third-order valence-corrected chi connectivity index (χ3v) is 4.12. The Bertz CT molecular complexity index is 946. The minimum absolute atomic E-state index is 0.233. The summed E-state index contributed by atoms with van der Waals surface area (Å²) in [5.74, 6) is -0.0660. The zero-order valence-corrected chi connectivity index (χ0v) is 16.3. The van der Waals surface area contributed by atoms with E-state index in [1.165, 1.54) is 23.8 Å². The van der Waals surface area contributed by atoms with Gasteiger partial charge in [0.1, 0.15) is 18.2 Å². The molecule has 3 aromatic rings. The molecule has 0 saturated carbocycles. The van der Waals surface area contributed by atoms with E-state index in [2.05, 4.69) is 15.5 Å². The van der Waals surface area contributed by atoms with Crippen molar-refractivity contribution < 1.29 is 18.7 Å². The van der Waals surface area contributed by atoms with Crippen molar-refractivity contribution in [3.63, 3.8) is 0 Å². The summed E-state index contributed by atoms with van der Waals surface area (Å²) in [6, 6.07) is 17.2. The molecule has 1 heterocycles. The minimum Gasteiger partial charge on any atom is -0.481 e. The van der Waals surface area contributed by atoms with Gasteiger partial charge in [-0.25, -0.2) is 4.39 Å². The van der Waals surface area contributed by atoms with E-state index in [9.17, 15) is 9.18 Å². The lowest BCUT2D eigenvalue weighted by Crippen LogP contribution is -2.38. The highest BCUT2D eigenvalue weighted by atomic mass is 19.1. The molecule has 1 unspecified atom stereocenters. The summed E-state index contributed by atoms with van der Waals surface area (Å²) in [5.41, 5.74) is 2.92. The summed E-state index contributed by atoms with van der Waals surface area (Å²) in [6.45, 7) is 4.13. The van der Waals surface area contributed by atoms with Crippen LogP contribution in [0.3, 0.4) is 0 Å². The zero-order chi connectivity index (χ0) is 20.6. The van der Waals surface area contributed by atoms with Crippen molar-refractivity contribution >= 4 is 5.91 Å². The second-order valence-corrected chi connectivity index (χ2v) is 6.48. The predicted octanol–water partition coefficient (Wildman–Crippen LogP) is 3.55. The third-order valence-electron chi connectivity index (χ3n) is 4.12. The van der Waals surface area contributed by atoms with Gasteiger partial charge in [0.05, 0.1) is 12.2 Å². The highest BCUT2D eigenvalue weighted by Gasteiger charge is 2.14. The van der Waals surface area contributed by atoms with Crippen molar-refractivity contribution in [1.82, 2.24) is 15.5 Å². The van der Waals surface area contributed by atoms with Gasteiger partial charge in [-0.05, 0) is 32.0 Å². The molecular weight excluding hydrogens is 373 g/mol. The number of carbonyl (C=O) groups excluding carboxylic acids is 1. The molecular formula is C22H22FN3O3. The third kappa shape index (κ3) is 6.00. The molecule has 3 rings (SSSR count). The number of aromatic nitrogens is 2. The Morgan fingerprint density at radius 2 is 1.90 bits per heavy atom. The summed E-state index contributed by atoms with van der Waals surface area (Å²) in [5, 5.41) is 10.9. The van der Waals surface area contributed by atoms with Crippen LogP contribution in [0.4, 0.5) is 4.39 Å². The molecule has 0 aliphatic carbocycles. The van der Waals surface area contributed by atoms with Gasteiger partial charge in [0, 0.05) is 17.7 Å². The molecule has 0 fully saturated rings. The number of hydrogen-bond donors (Lipinski definition) is 1. The quantitative estimate of drug-likeness (QED) is 0.591. The van der Waals surface area contributed by atoms with Gasteiger partial charge in [0.25, 0.3) is 5.91 Å². The van der Waals surface area contributed by atoms with Crippen LogP contribution >= 0.6 is 0 Å². The molecule has 1 aromatic heterocycles. The van der Waals surface area contributed by atoms with Gasteiger partial charge in [-0.2, -0.15) is 0 Å².